The summed E-state index contributed by atoms with van der Waals surface area (Å²) < 4.78 is 5.03. The minimum atomic E-state index is -0.488. The first-order chi connectivity index (χ1) is 16.3. The van der Waals surface area contributed by atoms with Crippen LogP contribution in [0.25, 0.3) is 0 Å². The predicted molar refractivity (Wildman–Crippen MR) is 117 cm³/mol. The molecule has 2 aromatic rings. The number of anilines is 1. The molecule has 2 aromatic carbocycles. The second-order valence-electron chi connectivity index (χ2n) is 9.09. The van der Waals surface area contributed by atoms with E-state index in [1.54, 1.807) is 36.4 Å². The molecule has 0 aromatic heterocycles. The normalized spacial score (nSPS) is 30.6. The van der Waals surface area contributed by atoms with E-state index in [4.69, 9.17) is 9.57 Å². The van der Waals surface area contributed by atoms with Crippen molar-refractivity contribution in [3.63, 3.8) is 0 Å². The molecule has 1 saturated heterocycles. The number of esters is 1. The molecule has 0 radical (unpaired) electrons. The Morgan fingerprint density at radius 1 is 1.09 bits per heavy atom. The molecular weight excluding hydrogens is 442 g/mol. The van der Waals surface area contributed by atoms with Gasteiger partial charge in [-0.25, -0.2) is 0 Å². The average Bonchev–Trinajstić information content (AvgIpc) is 3.54. The number of oxime groups is 1. The Balaban J connectivity index is 1.29. The summed E-state index contributed by atoms with van der Waals surface area (Å²) in [4.78, 5) is 55.7. The van der Waals surface area contributed by atoms with Crippen molar-refractivity contribution in [2.24, 2.45) is 34.7 Å². The molecule has 34 heavy (non-hydrogen) atoms. The first-order valence-corrected chi connectivity index (χ1v) is 11.0. The van der Waals surface area contributed by atoms with E-state index in [0.717, 1.165) is 0 Å². The van der Waals surface area contributed by atoms with E-state index in [2.05, 4.69) is 5.16 Å². The highest BCUT2D eigenvalue weighted by Gasteiger charge is 2.70. The van der Waals surface area contributed by atoms with Gasteiger partial charge in [0.1, 0.15) is 11.9 Å². The van der Waals surface area contributed by atoms with E-state index in [1.807, 2.05) is 0 Å². The average molecular weight is 461 g/mol. The smallest absolute Gasteiger partial charge is 0.308 e. The summed E-state index contributed by atoms with van der Waals surface area (Å²) >= 11 is 0. The van der Waals surface area contributed by atoms with E-state index in [1.165, 1.54) is 24.0 Å². The van der Waals surface area contributed by atoms with E-state index in [0.29, 0.717) is 29.1 Å². The summed E-state index contributed by atoms with van der Waals surface area (Å²) in [6, 6.07) is 12.5. The summed E-state index contributed by atoms with van der Waals surface area (Å²) in [7, 11) is 0. The van der Waals surface area contributed by atoms with Crippen LogP contribution in [0.4, 0.5) is 11.4 Å². The second kappa shape index (κ2) is 7.21. The molecule has 2 aliphatic heterocycles. The predicted octanol–water partition coefficient (Wildman–Crippen LogP) is 2.69. The Morgan fingerprint density at radius 3 is 2.47 bits per heavy atom. The molecule has 6 atom stereocenters. The lowest BCUT2D eigenvalue weighted by Crippen LogP contribution is -2.41. The second-order valence-corrected chi connectivity index (χ2v) is 9.09. The number of hydrogen-bond donors (Lipinski definition) is 0. The molecule has 2 bridgehead atoms. The van der Waals surface area contributed by atoms with E-state index in [9.17, 15) is 24.5 Å². The third-order valence-electron chi connectivity index (χ3n) is 7.40. The molecule has 0 unspecified atom stereocenters. The fraction of sp³-hybridized carbons (Fsp3) is 0.333. The largest absolute Gasteiger partial charge is 0.427 e. The molecule has 10 nitrogen and oxygen atoms in total. The van der Waals surface area contributed by atoms with Gasteiger partial charge in [0, 0.05) is 36.5 Å². The van der Waals surface area contributed by atoms with Crippen LogP contribution in [0.5, 0.6) is 5.75 Å². The number of rotatable bonds is 4. The van der Waals surface area contributed by atoms with Crippen molar-refractivity contribution in [1.29, 1.82) is 0 Å². The van der Waals surface area contributed by atoms with Gasteiger partial charge < -0.3 is 9.57 Å². The maximum absolute atomic E-state index is 13.5. The molecule has 10 heteroatoms. The van der Waals surface area contributed by atoms with E-state index in [-0.39, 0.29) is 41.4 Å². The maximum atomic E-state index is 13.5. The lowest BCUT2D eigenvalue weighted by Gasteiger charge is -2.29. The van der Waals surface area contributed by atoms with Crippen LogP contribution in [0.1, 0.15) is 18.9 Å². The van der Waals surface area contributed by atoms with Gasteiger partial charge in [0.05, 0.1) is 28.2 Å². The van der Waals surface area contributed by atoms with Gasteiger partial charge in [-0.2, -0.15) is 0 Å². The zero-order valence-electron chi connectivity index (χ0n) is 18.0. The lowest BCUT2D eigenvalue weighted by atomic mass is 9.71. The maximum Gasteiger partial charge on any atom is 0.308 e. The number of non-ortho nitro benzene ring substituents is 1. The van der Waals surface area contributed by atoms with Crippen molar-refractivity contribution in [3.05, 3.63) is 64.2 Å². The van der Waals surface area contributed by atoms with Gasteiger partial charge in [0.25, 0.3) is 5.69 Å². The van der Waals surface area contributed by atoms with Crippen molar-refractivity contribution in [3.8, 4) is 5.75 Å². The van der Waals surface area contributed by atoms with Crippen molar-refractivity contribution >= 4 is 34.9 Å². The van der Waals surface area contributed by atoms with E-state index < -0.39 is 22.7 Å². The van der Waals surface area contributed by atoms with E-state index >= 15 is 0 Å². The summed E-state index contributed by atoms with van der Waals surface area (Å²) in [5.41, 5.74) is 1.59. The fourth-order valence-electron chi connectivity index (χ4n) is 6.23. The topological polar surface area (TPSA) is 128 Å². The van der Waals surface area contributed by atoms with Crippen LogP contribution in [-0.2, 0) is 19.2 Å². The van der Waals surface area contributed by atoms with Gasteiger partial charge in [-0.3, -0.25) is 29.4 Å². The van der Waals surface area contributed by atoms with Gasteiger partial charge in [0.2, 0.25) is 11.8 Å². The highest BCUT2D eigenvalue weighted by Crippen LogP contribution is 2.62. The monoisotopic (exact) mass is 461 g/mol. The van der Waals surface area contributed by atoms with Crippen LogP contribution in [0.15, 0.2) is 53.7 Å². The number of hydrogen-bond acceptors (Lipinski definition) is 8. The van der Waals surface area contributed by atoms with Crippen LogP contribution in [-0.4, -0.2) is 34.5 Å². The molecule has 0 spiro atoms. The SMILES string of the molecule is CC(=O)Oc1ccc(N2C(=O)[C@@H]3[C@@H]4C[C@H]([C@H]5ON=C(c6cccc([N+](=O)[O-])c6)[C@H]45)[C@@H]3C2=O)cc1. The molecule has 2 heterocycles. The summed E-state index contributed by atoms with van der Waals surface area (Å²) in [5.74, 6) is -2.10. The quantitative estimate of drug-likeness (QED) is 0.225. The van der Waals surface area contributed by atoms with Gasteiger partial charge in [-0.05, 0) is 36.6 Å². The van der Waals surface area contributed by atoms with Gasteiger partial charge in [0.15, 0.2) is 0 Å². The van der Waals surface area contributed by atoms with Crippen LogP contribution in [0.3, 0.4) is 0 Å². The number of ether oxygens (including phenoxy) is 1. The molecule has 172 valence electrons. The Morgan fingerprint density at radius 2 is 1.79 bits per heavy atom. The number of fused-ring (bicyclic) bond motifs is 8. The minimum Gasteiger partial charge on any atom is -0.427 e. The molecule has 4 aliphatic rings. The van der Waals surface area contributed by atoms with Crippen LogP contribution < -0.4 is 9.64 Å². The molecule has 6 rings (SSSR count). The summed E-state index contributed by atoms with van der Waals surface area (Å²) in [5, 5.41) is 15.5. The Kier molecular flexibility index (Phi) is 4.35. The Hall–Kier alpha value is -4.08. The highest BCUT2D eigenvalue weighted by molar-refractivity contribution is 6.23. The molecular formula is C24H19N3O7. The molecule has 0 N–H and O–H groups in total. The third-order valence-corrected chi connectivity index (χ3v) is 7.40. The molecule has 3 fully saturated rings. The Labute approximate surface area is 193 Å². The van der Waals surface area contributed by atoms with Gasteiger partial charge >= 0.3 is 5.97 Å². The van der Waals surface area contributed by atoms with Crippen LogP contribution in [0, 0.1) is 39.7 Å². The number of nitro benzene ring substituents is 1. The van der Waals surface area contributed by atoms with Crippen molar-refractivity contribution in [1.82, 2.24) is 0 Å². The van der Waals surface area contributed by atoms with Crippen molar-refractivity contribution < 1.29 is 28.9 Å². The first kappa shape index (κ1) is 20.5. The third kappa shape index (κ3) is 2.81. The highest BCUT2D eigenvalue weighted by atomic mass is 16.6. The number of carbonyl (C=O) groups excluding carboxylic acids is 3. The summed E-state index contributed by atoms with van der Waals surface area (Å²) in [6.07, 6.45) is 0.346. The molecule has 2 saturated carbocycles. The zero-order valence-corrected chi connectivity index (χ0v) is 18.0. The number of amides is 2. The van der Waals surface area contributed by atoms with Crippen LogP contribution >= 0.6 is 0 Å². The standard InChI is InChI=1S/C24H19N3O7/c1-11(28)33-15-7-5-13(6-8-15)26-23(29)18-16-10-17(19(18)24(26)30)22-20(16)21(25-34-22)12-3-2-4-14(9-12)27(31)32/h2-9,16-20,22H,10H2,1H3/t16-,17-,18+,19-,20-,22+/m0/s1. The fourth-order valence-corrected chi connectivity index (χ4v) is 6.23. The lowest BCUT2D eigenvalue weighted by molar-refractivity contribution is -0.384. The zero-order chi connectivity index (χ0) is 23.7. The van der Waals surface area contributed by atoms with Crippen LogP contribution in [0.2, 0.25) is 0 Å². The number of imide groups is 1. The number of nitrogens with zero attached hydrogens (tertiary/aromatic N) is 3. The van der Waals surface area contributed by atoms with Gasteiger partial charge in [-0.15, -0.1) is 0 Å². The number of benzene rings is 2. The molecule has 2 aliphatic carbocycles. The summed E-state index contributed by atoms with van der Waals surface area (Å²) in [6.45, 7) is 1.29. The van der Waals surface area contributed by atoms with Crippen molar-refractivity contribution in [2.75, 3.05) is 4.90 Å². The molecule has 2 amide bonds. The number of nitro groups is 1. The van der Waals surface area contributed by atoms with Gasteiger partial charge in [-0.1, -0.05) is 17.3 Å². The minimum absolute atomic E-state index is 0.0415. The van der Waals surface area contributed by atoms with Crippen molar-refractivity contribution in [2.45, 2.75) is 19.4 Å². The Bertz CT molecular complexity index is 1290. The number of carbonyl (C=O) groups is 3. The first-order valence-electron chi connectivity index (χ1n) is 11.0.